The van der Waals surface area contributed by atoms with Crippen LogP contribution in [0.15, 0.2) is 0 Å². The molecule has 0 aliphatic carbocycles. The van der Waals surface area contributed by atoms with Gasteiger partial charge in [-0.15, -0.1) is 0 Å². The van der Waals surface area contributed by atoms with Crippen LogP contribution in [0.2, 0.25) is 0 Å². The molecule has 0 aliphatic rings. The van der Waals surface area contributed by atoms with Gasteiger partial charge in [-0.05, 0) is 31.1 Å². The summed E-state index contributed by atoms with van der Waals surface area (Å²) in [4.78, 5) is 38.3. The van der Waals surface area contributed by atoms with Crippen molar-refractivity contribution in [3.63, 3.8) is 0 Å². The number of carbonyl (C=O) groups excluding carboxylic acids is 3. The largest absolute Gasteiger partial charge is 0.462 e. The third-order valence-corrected chi connectivity index (χ3v) is 15.8. The van der Waals surface area contributed by atoms with Crippen LogP contribution in [0.25, 0.3) is 0 Å². The Morgan fingerprint density at radius 1 is 0.288 bits per heavy atom. The van der Waals surface area contributed by atoms with Crippen LogP contribution in [0.3, 0.4) is 0 Å². The molecule has 0 bridgehead atoms. The van der Waals surface area contributed by atoms with Crippen LogP contribution in [0.5, 0.6) is 0 Å². The molecule has 73 heavy (non-hydrogen) atoms. The molecule has 0 saturated heterocycles. The van der Waals surface area contributed by atoms with Gasteiger partial charge >= 0.3 is 17.9 Å². The number of esters is 3. The van der Waals surface area contributed by atoms with E-state index in [4.69, 9.17) is 14.2 Å². The van der Waals surface area contributed by atoms with Crippen molar-refractivity contribution in [2.45, 2.75) is 387 Å². The zero-order chi connectivity index (χ0) is 53.2. The Morgan fingerprint density at radius 2 is 0.521 bits per heavy atom. The molecule has 0 spiro atoms. The lowest BCUT2D eigenvalue weighted by molar-refractivity contribution is -0.167. The molecule has 0 aromatic rings. The van der Waals surface area contributed by atoms with Crippen molar-refractivity contribution in [2.75, 3.05) is 13.2 Å². The third-order valence-electron chi connectivity index (χ3n) is 15.8. The minimum absolute atomic E-state index is 0.0615. The third kappa shape index (κ3) is 59.5. The van der Waals surface area contributed by atoms with Gasteiger partial charge in [-0.25, -0.2) is 0 Å². The molecular formula is C67H130O6. The summed E-state index contributed by atoms with van der Waals surface area (Å²) < 4.78 is 17.0. The van der Waals surface area contributed by atoms with E-state index in [-0.39, 0.29) is 31.1 Å². The topological polar surface area (TPSA) is 78.9 Å². The minimum atomic E-state index is -0.764. The molecule has 0 aromatic carbocycles. The second-order valence-corrected chi connectivity index (χ2v) is 23.8. The SMILES string of the molecule is CCCCCCCCCCCCCCCCC(=O)OC[C@@H](COC(=O)CCCCCCCCCCCCCCCCCCC(C)C)OC(=O)CCCCCCCCCCCCCCCCCCCCC(C)CC. The van der Waals surface area contributed by atoms with Crippen molar-refractivity contribution in [1.82, 2.24) is 0 Å². The van der Waals surface area contributed by atoms with E-state index in [0.717, 1.165) is 69.6 Å². The minimum Gasteiger partial charge on any atom is -0.462 e. The fourth-order valence-electron chi connectivity index (χ4n) is 10.4. The number of hydrogen-bond acceptors (Lipinski definition) is 6. The fraction of sp³-hybridized carbons (Fsp3) is 0.955. The number of carbonyl (C=O) groups is 3. The highest BCUT2D eigenvalue weighted by molar-refractivity contribution is 5.71. The first kappa shape index (κ1) is 71.4. The number of rotatable bonds is 61. The van der Waals surface area contributed by atoms with Gasteiger partial charge in [0.25, 0.3) is 0 Å². The van der Waals surface area contributed by atoms with Crippen LogP contribution < -0.4 is 0 Å². The maximum absolute atomic E-state index is 12.9. The molecule has 0 aliphatic heterocycles. The van der Waals surface area contributed by atoms with Gasteiger partial charge in [-0.2, -0.15) is 0 Å². The monoisotopic (exact) mass is 1030 g/mol. The van der Waals surface area contributed by atoms with Gasteiger partial charge in [0.1, 0.15) is 13.2 Å². The Labute approximate surface area is 457 Å². The van der Waals surface area contributed by atoms with E-state index in [1.165, 1.54) is 270 Å². The maximum Gasteiger partial charge on any atom is 0.306 e. The molecule has 6 nitrogen and oxygen atoms in total. The van der Waals surface area contributed by atoms with Crippen LogP contribution in [-0.4, -0.2) is 37.2 Å². The van der Waals surface area contributed by atoms with E-state index in [0.29, 0.717) is 19.3 Å². The van der Waals surface area contributed by atoms with Crippen LogP contribution in [0.4, 0.5) is 0 Å². The number of ether oxygens (including phenoxy) is 3. The first-order valence-electron chi connectivity index (χ1n) is 33.3. The number of hydrogen-bond donors (Lipinski definition) is 0. The summed E-state index contributed by atoms with van der Waals surface area (Å²) in [6.07, 6.45) is 66.7. The van der Waals surface area contributed by atoms with Gasteiger partial charge < -0.3 is 14.2 Å². The highest BCUT2D eigenvalue weighted by atomic mass is 16.6. The van der Waals surface area contributed by atoms with E-state index in [9.17, 15) is 14.4 Å². The molecule has 0 rings (SSSR count). The van der Waals surface area contributed by atoms with Crippen molar-refractivity contribution in [1.29, 1.82) is 0 Å². The van der Waals surface area contributed by atoms with Gasteiger partial charge in [-0.3, -0.25) is 14.4 Å². The summed E-state index contributed by atoms with van der Waals surface area (Å²) in [5, 5.41) is 0. The lowest BCUT2D eigenvalue weighted by Gasteiger charge is -2.18. The number of unbranched alkanes of at least 4 members (excludes halogenated alkanes) is 45. The van der Waals surface area contributed by atoms with Gasteiger partial charge in [-0.1, -0.05) is 343 Å². The lowest BCUT2D eigenvalue weighted by Crippen LogP contribution is -2.30. The fourth-order valence-corrected chi connectivity index (χ4v) is 10.4. The molecule has 0 amide bonds. The Bertz CT molecular complexity index is 1120. The summed E-state index contributed by atoms with van der Waals surface area (Å²) in [5.41, 5.74) is 0. The van der Waals surface area contributed by atoms with Crippen LogP contribution in [-0.2, 0) is 28.6 Å². The Hall–Kier alpha value is -1.59. The summed E-state index contributed by atoms with van der Waals surface area (Å²) in [6, 6.07) is 0. The van der Waals surface area contributed by atoms with Gasteiger partial charge in [0.05, 0.1) is 0 Å². The van der Waals surface area contributed by atoms with Crippen LogP contribution in [0.1, 0.15) is 381 Å². The highest BCUT2D eigenvalue weighted by Crippen LogP contribution is 2.20. The van der Waals surface area contributed by atoms with E-state index in [1.54, 1.807) is 0 Å². The molecule has 0 fully saturated rings. The maximum atomic E-state index is 12.9. The first-order chi connectivity index (χ1) is 35.8. The highest BCUT2D eigenvalue weighted by Gasteiger charge is 2.19. The van der Waals surface area contributed by atoms with Crippen molar-refractivity contribution < 1.29 is 28.6 Å². The Kier molecular flexibility index (Phi) is 58.4. The molecule has 0 radical (unpaired) electrons. The second-order valence-electron chi connectivity index (χ2n) is 23.8. The van der Waals surface area contributed by atoms with Crippen LogP contribution >= 0.6 is 0 Å². The first-order valence-corrected chi connectivity index (χ1v) is 33.3. The van der Waals surface area contributed by atoms with Crippen molar-refractivity contribution in [2.24, 2.45) is 11.8 Å². The average molecular weight is 1030 g/mol. The van der Waals surface area contributed by atoms with E-state index in [2.05, 4.69) is 34.6 Å². The Morgan fingerprint density at radius 3 is 0.781 bits per heavy atom. The normalized spacial score (nSPS) is 12.4. The second kappa shape index (κ2) is 59.7. The summed E-state index contributed by atoms with van der Waals surface area (Å²) in [5.74, 6) is 0.934. The molecule has 0 aromatic heterocycles. The van der Waals surface area contributed by atoms with E-state index in [1.807, 2.05) is 0 Å². The molecule has 0 saturated carbocycles. The molecule has 0 N–H and O–H groups in total. The van der Waals surface area contributed by atoms with Gasteiger partial charge in [0.2, 0.25) is 0 Å². The van der Waals surface area contributed by atoms with Gasteiger partial charge in [0.15, 0.2) is 6.10 Å². The summed E-state index contributed by atoms with van der Waals surface area (Å²) in [7, 11) is 0. The van der Waals surface area contributed by atoms with E-state index < -0.39 is 6.10 Å². The van der Waals surface area contributed by atoms with E-state index >= 15 is 0 Å². The zero-order valence-corrected chi connectivity index (χ0v) is 50.3. The van der Waals surface area contributed by atoms with Gasteiger partial charge in [0, 0.05) is 19.3 Å². The lowest BCUT2D eigenvalue weighted by atomic mass is 9.99. The summed E-state index contributed by atoms with van der Waals surface area (Å²) in [6.45, 7) is 11.5. The molecule has 0 heterocycles. The van der Waals surface area contributed by atoms with Crippen molar-refractivity contribution in [3.05, 3.63) is 0 Å². The Balaban J connectivity index is 4.26. The quantitative estimate of drug-likeness (QED) is 0.0343. The molecule has 1 unspecified atom stereocenters. The van der Waals surface area contributed by atoms with Crippen LogP contribution in [0, 0.1) is 11.8 Å². The average Bonchev–Trinajstić information content (AvgIpc) is 3.38. The standard InChI is InChI=1S/C67H130O6/c1-6-8-9-10-11-12-13-14-27-32-37-42-47-52-57-65(68)71-60-64(61-72-66(69)58-53-48-43-38-33-28-23-20-19-21-25-30-35-40-45-50-55-62(3)4)73-67(70)59-54-49-44-39-34-29-24-18-16-15-17-22-26-31-36-41-46-51-56-63(5)7-2/h62-64H,6-61H2,1-5H3/t63?,64-/m0/s1. The molecule has 2 atom stereocenters. The predicted octanol–water partition coefficient (Wildman–Crippen LogP) is 22.4. The molecule has 434 valence electrons. The zero-order valence-electron chi connectivity index (χ0n) is 50.3. The van der Waals surface area contributed by atoms with Crippen molar-refractivity contribution >= 4 is 17.9 Å². The molecular weight excluding hydrogens is 901 g/mol. The smallest absolute Gasteiger partial charge is 0.306 e. The predicted molar refractivity (Wildman–Crippen MR) is 316 cm³/mol. The summed E-state index contributed by atoms with van der Waals surface area (Å²) >= 11 is 0. The van der Waals surface area contributed by atoms with Crippen molar-refractivity contribution in [3.8, 4) is 0 Å². The molecule has 6 heteroatoms.